The van der Waals surface area contributed by atoms with Gasteiger partial charge in [-0.2, -0.15) is 0 Å². The molecule has 0 saturated heterocycles. The highest BCUT2D eigenvalue weighted by atomic mass is 16.4. The van der Waals surface area contributed by atoms with Crippen LogP contribution in [0.4, 0.5) is 0 Å². The lowest BCUT2D eigenvalue weighted by atomic mass is 9.83. The summed E-state index contributed by atoms with van der Waals surface area (Å²) in [4.78, 5) is 92.0. The molecule has 1 heterocycles. The van der Waals surface area contributed by atoms with E-state index in [-0.39, 0.29) is 24.7 Å². The average Bonchev–Trinajstić information content (AvgIpc) is 3.17. The summed E-state index contributed by atoms with van der Waals surface area (Å²) in [5.74, 6) is -5.63. The van der Waals surface area contributed by atoms with Crippen molar-refractivity contribution in [3.05, 3.63) is 71.3 Å². The summed E-state index contributed by atoms with van der Waals surface area (Å²) in [6.07, 6.45) is 11.0. The van der Waals surface area contributed by atoms with Crippen LogP contribution in [0.2, 0.25) is 0 Å². The maximum atomic E-state index is 14.1. The Hall–Kier alpha value is -5.07. The van der Waals surface area contributed by atoms with Crippen LogP contribution in [-0.2, 0) is 46.4 Å². The number of amides is 5. The second kappa shape index (κ2) is 21.6. The van der Waals surface area contributed by atoms with E-state index in [2.05, 4.69) is 26.6 Å². The lowest BCUT2D eigenvalue weighted by Crippen LogP contribution is -2.59. The Bertz CT molecular complexity index is 1610. The average molecular weight is 746 g/mol. The van der Waals surface area contributed by atoms with E-state index < -0.39 is 66.1 Å². The maximum absolute atomic E-state index is 14.1. The van der Waals surface area contributed by atoms with Crippen molar-refractivity contribution in [3.63, 3.8) is 0 Å². The van der Waals surface area contributed by atoms with Gasteiger partial charge in [-0.25, -0.2) is 4.79 Å². The molecule has 2 bridgehead atoms. The van der Waals surface area contributed by atoms with Crippen LogP contribution in [0.5, 0.6) is 0 Å². The van der Waals surface area contributed by atoms with Crippen LogP contribution in [-0.4, -0.2) is 71.1 Å². The molecule has 6 N–H and O–H groups in total. The Kier molecular flexibility index (Phi) is 16.7. The fourth-order valence-corrected chi connectivity index (χ4v) is 7.26. The van der Waals surface area contributed by atoms with Gasteiger partial charge in [0.25, 0.3) is 5.91 Å². The first-order valence-electron chi connectivity index (χ1n) is 19.4. The molecule has 0 aromatic heterocycles. The van der Waals surface area contributed by atoms with Crippen LogP contribution in [0, 0.1) is 5.92 Å². The van der Waals surface area contributed by atoms with Crippen LogP contribution >= 0.6 is 0 Å². The number of hydrogen-bond donors (Lipinski definition) is 6. The van der Waals surface area contributed by atoms with Gasteiger partial charge in [-0.3, -0.25) is 28.8 Å². The Morgan fingerprint density at radius 2 is 1.46 bits per heavy atom. The zero-order valence-corrected chi connectivity index (χ0v) is 31.2. The van der Waals surface area contributed by atoms with Gasteiger partial charge in [0.05, 0.1) is 12.6 Å². The normalized spacial score (nSPS) is 20.2. The van der Waals surface area contributed by atoms with Gasteiger partial charge in [0.2, 0.25) is 29.4 Å². The van der Waals surface area contributed by atoms with Gasteiger partial charge in [0.1, 0.15) is 12.1 Å². The van der Waals surface area contributed by atoms with Crippen molar-refractivity contribution in [3.8, 4) is 0 Å². The summed E-state index contributed by atoms with van der Waals surface area (Å²) >= 11 is 0. The molecule has 4 rings (SSSR count). The Morgan fingerprint density at radius 3 is 2.17 bits per heavy atom. The number of rotatable bonds is 12. The van der Waals surface area contributed by atoms with Crippen molar-refractivity contribution in [2.75, 3.05) is 6.54 Å². The molecule has 0 spiro atoms. The van der Waals surface area contributed by atoms with E-state index in [1.807, 2.05) is 24.3 Å². The molecular weight excluding hydrogens is 690 g/mol. The van der Waals surface area contributed by atoms with E-state index in [0.29, 0.717) is 18.4 Å². The summed E-state index contributed by atoms with van der Waals surface area (Å²) < 4.78 is 0. The van der Waals surface area contributed by atoms with Crippen LogP contribution in [0.25, 0.3) is 0 Å². The second-order valence-electron chi connectivity index (χ2n) is 14.4. The summed E-state index contributed by atoms with van der Waals surface area (Å²) in [5, 5.41) is 22.8. The zero-order chi connectivity index (χ0) is 38.9. The summed E-state index contributed by atoms with van der Waals surface area (Å²) in [6.45, 7) is 1.12. The van der Waals surface area contributed by atoms with Crippen LogP contribution in [0.3, 0.4) is 0 Å². The summed E-state index contributed by atoms with van der Waals surface area (Å²) in [7, 11) is 0. The van der Waals surface area contributed by atoms with Crippen LogP contribution < -0.4 is 26.6 Å². The molecule has 54 heavy (non-hydrogen) atoms. The van der Waals surface area contributed by atoms with Crippen LogP contribution in [0.1, 0.15) is 113 Å². The number of carbonyl (C=O) groups excluding carboxylic acids is 6. The predicted molar refractivity (Wildman–Crippen MR) is 202 cm³/mol. The van der Waals surface area contributed by atoms with Gasteiger partial charge in [-0.15, -0.1) is 0 Å². The first-order valence-corrected chi connectivity index (χ1v) is 19.4. The molecule has 2 aromatic rings. The minimum Gasteiger partial charge on any atom is -0.479 e. The molecule has 292 valence electrons. The van der Waals surface area contributed by atoms with E-state index in [1.165, 1.54) is 0 Å². The first-order chi connectivity index (χ1) is 26.0. The Morgan fingerprint density at radius 1 is 0.796 bits per heavy atom. The highest BCUT2D eigenvalue weighted by Crippen LogP contribution is 2.27. The largest absolute Gasteiger partial charge is 0.479 e. The minimum atomic E-state index is -1.36. The number of Topliss-reactive ketones (excluding diaryl/α,β-unsaturated/α-hetero) is 1. The van der Waals surface area contributed by atoms with Crippen molar-refractivity contribution < 1.29 is 38.7 Å². The van der Waals surface area contributed by atoms with E-state index in [0.717, 1.165) is 81.8 Å². The number of ketones is 1. The molecule has 0 radical (unpaired) electrons. The number of aliphatic carboxylic acids is 1. The molecule has 1 fully saturated rings. The Labute approximate surface area is 317 Å². The number of fused-ring (bicyclic) bond motifs is 2. The number of benzene rings is 2. The number of carboxylic acids is 1. The molecule has 1 unspecified atom stereocenters. The van der Waals surface area contributed by atoms with E-state index in [9.17, 15) is 38.7 Å². The highest BCUT2D eigenvalue weighted by molar-refractivity contribution is 6.38. The molecular formula is C41H55N5O8. The molecule has 1 aliphatic heterocycles. The monoisotopic (exact) mass is 745 g/mol. The molecule has 2 aromatic carbocycles. The quantitative estimate of drug-likeness (QED) is 0.177. The van der Waals surface area contributed by atoms with E-state index in [1.54, 1.807) is 37.3 Å². The standard InChI is InChI=1S/C41H55N5O8/c1-2-15-31(37(49)40(52)42-26-34(48)46-36(41(53)54)30-21-11-7-12-22-30)43-38(50)32-25-28-18-14-17-27(24-28)16-8-4-3-5-13-23-33(47)45-35(39(51)44-32)29-19-9-6-10-20-29/h7,11-12,14,17-18,21-22,24,29,31-32,35-36H,2-6,8-10,13,15-16,19-20,23,25-26H2,1H3,(H,42,52)(H,43,50)(H,44,51)(H,45,47)(H,46,48)(H,53,54)/t31?,32-,35-,36-/m0/s1. The van der Waals surface area contributed by atoms with Crippen molar-refractivity contribution in [1.29, 1.82) is 0 Å². The van der Waals surface area contributed by atoms with Gasteiger partial charge < -0.3 is 31.7 Å². The predicted octanol–water partition coefficient (Wildman–Crippen LogP) is 3.59. The number of carboxylic acid groups (broad SMARTS) is 1. The molecule has 1 aliphatic carbocycles. The van der Waals surface area contributed by atoms with Gasteiger partial charge in [-0.05, 0) is 61.1 Å². The zero-order valence-electron chi connectivity index (χ0n) is 31.2. The molecule has 1 saturated carbocycles. The molecule has 5 amide bonds. The third-order valence-electron chi connectivity index (χ3n) is 10.2. The van der Waals surface area contributed by atoms with Crippen LogP contribution in [0.15, 0.2) is 54.6 Å². The van der Waals surface area contributed by atoms with Crippen molar-refractivity contribution in [2.45, 2.75) is 127 Å². The fourth-order valence-electron chi connectivity index (χ4n) is 7.26. The summed E-state index contributed by atoms with van der Waals surface area (Å²) in [5.41, 5.74) is 2.25. The van der Waals surface area contributed by atoms with Gasteiger partial charge in [-0.1, -0.05) is 106 Å². The lowest BCUT2D eigenvalue weighted by Gasteiger charge is -2.31. The number of aryl methyl sites for hydroxylation is 1. The Balaban J connectivity index is 1.50. The van der Waals surface area contributed by atoms with E-state index in [4.69, 9.17) is 0 Å². The number of nitrogens with one attached hydrogen (secondary N) is 5. The lowest BCUT2D eigenvalue weighted by molar-refractivity contribution is -0.142. The highest BCUT2D eigenvalue weighted by Gasteiger charge is 2.35. The van der Waals surface area contributed by atoms with Crippen molar-refractivity contribution in [2.24, 2.45) is 5.92 Å². The van der Waals surface area contributed by atoms with E-state index >= 15 is 0 Å². The number of carbonyl (C=O) groups is 7. The van der Waals surface area contributed by atoms with Crippen molar-refractivity contribution in [1.82, 2.24) is 26.6 Å². The third-order valence-corrected chi connectivity index (χ3v) is 10.2. The smallest absolute Gasteiger partial charge is 0.330 e. The van der Waals surface area contributed by atoms with Gasteiger partial charge in [0, 0.05) is 12.8 Å². The molecule has 2 aliphatic rings. The van der Waals surface area contributed by atoms with Gasteiger partial charge >= 0.3 is 5.97 Å². The fraction of sp³-hybridized carbons (Fsp3) is 0.537. The SMILES string of the molecule is CCCC(NC(=O)[C@@H]1Cc2cccc(c2)CCCCCCCC(=O)N[C@@H](C2CCCCC2)C(=O)N1)C(=O)C(=O)NCC(=O)N[C@H](C(=O)O)c1ccccc1. The third kappa shape index (κ3) is 13.1. The minimum absolute atomic E-state index is 0.0781. The first kappa shape index (κ1) is 41.7. The topological polar surface area (TPSA) is 200 Å². The second-order valence-corrected chi connectivity index (χ2v) is 14.4. The molecule has 13 nitrogen and oxygen atoms in total. The summed E-state index contributed by atoms with van der Waals surface area (Å²) in [6, 6.07) is 11.3. The van der Waals surface area contributed by atoms with Gasteiger partial charge in [0.15, 0.2) is 6.04 Å². The molecule has 4 atom stereocenters. The number of hydrogen-bond acceptors (Lipinski definition) is 7. The molecule has 13 heteroatoms. The maximum Gasteiger partial charge on any atom is 0.330 e. The van der Waals surface area contributed by atoms with Crippen molar-refractivity contribution >= 4 is 41.3 Å².